The van der Waals surface area contributed by atoms with Crippen LogP contribution < -0.4 is 5.32 Å². The van der Waals surface area contributed by atoms with Gasteiger partial charge in [0.25, 0.3) is 0 Å². The molecule has 2 heterocycles. The molecule has 1 N–H and O–H groups in total. The molecule has 0 aromatic carbocycles. The van der Waals surface area contributed by atoms with Crippen molar-refractivity contribution in [2.24, 2.45) is 11.3 Å². The third-order valence-electron chi connectivity index (χ3n) is 4.26. The molecule has 2 aliphatic rings. The quantitative estimate of drug-likeness (QED) is 0.712. The summed E-state index contributed by atoms with van der Waals surface area (Å²) in [5.74, 6) is 0.812. The SMILES string of the molecule is CC(C)C.CC1CCCCN1.CCC(C)(C)CC1CCC(=O)O1. The first-order valence-corrected chi connectivity index (χ1v) is 9.59. The maximum absolute atomic E-state index is 10.8. The van der Waals surface area contributed by atoms with Crippen molar-refractivity contribution in [1.29, 1.82) is 0 Å². The van der Waals surface area contributed by atoms with Crippen LogP contribution in [-0.2, 0) is 9.53 Å². The van der Waals surface area contributed by atoms with Crippen LogP contribution in [0.1, 0.15) is 93.4 Å². The summed E-state index contributed by atoms with van der Waals surface area (Å²) in [6.07, 6.45) is 8.05. The molecule has 0 radical (unpaired) electrons. The van der Waals surface area contributed by atoms with E-state index in [1.807, 2.05) is 0 Å². The van der Waals surface area contributed by atoms with E-state index in [0.29, 0.717) is 11.8 Å². The summed E-state index contributed by atoms with van der Waals surface area (Å²) in [6.45, 7) is 16.6. The van der Waals surface area contributed by atoms with Gasteiger partial charge >= 0.3 is 5.97 Å². The summed E-state index contributed by atoms with van der Waals surface area (Å²) in [5, 5.41) is 3.38. The summed E-state index contributed by atoms with van der Waals surface area (Å²) in [5.41, 5.74) is 0.315. The van der Waals surface area contributed by atoms with Gasteiger partial charge in [-0.1, -0.05) is 54.4 Å². The molecule has 2 saturated heterocycles. The van der Waals surface area contributed by atoms with Crippen LogP contribution in [0.2, 0.25) is 0 Å². The highest BCUT2D eigenvalue weighted by Crippen LogP contribution is 2.31. The van der Waals surface area contributed by atoms with Crippen LogP contribution in [-0.4, -0.2) is 24.7 Å². The third-order valence-corrected chi connectivity index (χ3v) is 4.26. The van der Waals surface area contributed by atoms with E-state index in [4.69, 9.17) is 4.74 Å². The lowest BCUT2D eigenvalue weighted by molar-refractivity contribution is -0.142. The van der Waals surface area contributed by atoms with E-state index in [9.17, 15) is 4.79 Å². The average molecular weight is 328 g/mol. The Bertz CT molecular complexity index is 304. The van der Waals surface area contributed by atoms with Crippen molar-refractivity contribution in [3.8, 4) is 0 Å². The van der Waals surface area contributed by atoms with Crippen LogP contribution >= 0.6 is 0 Å². The number of hydrogen-bond donors (Lipinski definition) is 1. The molecule has 2 atom stereocenters. The average Bonchev–Trinajstić information content (AvgIpc) is 2.84. The van der Waals surface area contributed by atoms with Crippen molar-refractivity contribution >= 4 is 5.97 Å². The molecule has 0 saturated carbocycles. The Morgan fingerprint density at radius 1 is 1.22 bits per heavy atom. The number of ether oxygens (including phenoxy) is 1. The van der Waals surface area contributed by atoms with E-state index in [1.54, 1.807) is 0 Å². The lowest BCUT2D eigenvalue weighted by Gasteiger charge is -2.25. The van der Waals surface area contributed by atoms with Crippen LogP contribution in [0, 0.1) is 11.3 Å². The largest absolute Gasteiger partial charge is 0.462 e. The molecular formula is C20H41NO2. The first-order chi connectivity index (χ1) is 10.7. The number of rotatable bonds is 3. The van der Waals surface area contributed by atoms with Gasteiger partial charge in [0.2, 0.25) is 0 Å². The Labute approximate surface area is 144 Å². The van der Waals surface area contributed by atoms with Gasteiger partial charge in [0.05, 0.1) is 0 Å². The number of carbonyl (C=O) groups is 1. The first kappa shape index (κ1) is 22.4. The molecule has 2 rings (SSSR count). The smallest absolute Gasteiger partial charge is 0.306 e. The Kier molecular flexibility index (Phi) is 11.6. The lowest BCUT2D eigenvalue weighted by atomic mass is 9.83. The topological polar surface area (TPSA) is 38.3 Å². The van der Waals surface area contributed by atoms with Gasteiger partial charge in [-0.15, -0.1) is 0 Å². The Balaban J connectivity index is 0.000000371. The summed E-state index contributed by atoms with van der Waals surface area (Å²) < 4.78 is 5.16. The molecule has 0 aliphatic carbocycles. The monoisotopic (exact) mass is 327 g/mol. The molecule has 2 aliphatic heterocycles. The zero-order chi connectivity index (χ0) is 17.9. The lowest BCUT2D eigenvalue weighted by Crippen LogP contribution is -2.30. The molecule has 138 valence electrons. The van der Waals surface area contributed by atoms with E-state index < -0.39 is 0 Å². The fraction of sp³-hybridized carbons (Fsp3) is 0.950. The standard InChI is InChI=1S/C10H18O2.C6H13N.C4H10/c1-4-10(2,3)7-8-5-6-9(11)12-8;1-6-4-2-3-5-7-6;1-4(2)3/h8H,4-7H2,1-3H3;6-7H,2-5H2,1H3;4H,1-3H3. The molecule has 3 nitrogen and oxygen atoms in total. The van der Waals surface area contributed by atoms with E-state index >= 15 is 0 Å². The summed E-state index contributed by atoms with van der Waals surface area (Å²) >= 11 is 0. The number of nitrogens with one attached hydrogen (secondary N) is 1. The van der Waals surface area contributed by atoms with Gasteiger partial charge in [0.1, 0.15) is 6.10 Å². The molecule has 2 unspecified atom stereocenters. The fourth-order valence-corrected chi connectivity index (χ4v) is 2.51. The number of cyclic esters (lactones) is 1. The van der Waals surface area contributed by atoms with Crippen molar-refractivity contribution < 1.29 is 9.53 Å². The van der Waals surface area contributed by atoms with Gasteiger partial charge in [0.15, 0.2) is 0 Å². The van der Waals surface area contributed by atoms with Gasteiger partial charge in [0, 0.05) is 12.5 Å². The van der Waals surface area contributed by atoms with Crippen LogP contribution in [0.25, 0.3) is 0 Å². The van der Waals surface area contributed by atoms with Gasteiger partial charge in [-0.05, 0) is 50.5 Å². The van der Waals surface area contributed by atoms with E-state index in [2.05, 4.69) is 53.8 Å². The van der Waals surface area contributed by atoms with E-state index in [-0.39, 0.29) is 12.1 Å². The minimum atomic E-state index is -0.0214. The molecular weight excluding hydrogens is 286 g/mol. The van der Waals surface area contributed by atoms with Crippen molar-refractivity contribution in [2.45, 2.75) is 106 Å². The molecule has 2 fully saturated rings. The molecule has 0 aromatic heterocycles. The number of piperidine rings is 1. The van der Waals surface area contributed by atoms with Crippen molar-refractivity contribution in [1.82, 2.24) is 5.32 Å². The summed E-state index contributed by atoms with van der Waals surface area (Å²) in [6, 6.07) is 0.786. The summed E-state index contributed by atoms with van der Waals surface area (Å²) in [4.78, 5) is 10.8. The highest BCUT2D eigenvalue weighted by molar-refractivity contribution is 5.71. The minimum absolute atomic E-state index is 0.0214. The van der Waals surface area contributed by atoms with Crippen molar-refractivity contribution in [2.75, 3.05) is 6.54 Å². The molecule has 0 bridgehead atoms. The molecule has 0 aromatic rings. The number of esters is 1. The Morgan fingerprint density at radius 2 is 1.83 bits per heavy atom. The van der Waals surface area contributed by atoms with Gasteiger partial charge < -0.3 is 10.1 Å². The Morgan fingerprint density at radius 3 is 2.13 bits per heavy atom. The van der Waals surface area contributed by atoms with Crippen LogP contribution in [0.4, 0.5) is 0 Å². The Hall–Kier alpha value is -0.570. The van der Waals surface area contributed by atoms with E-state index in [0.717, 1.165) is 31.2 Å². The summed E-state index contributed by atoms with van der Waals surface area (Å²) in [7, 11) is 0. The first-order valence-electron chi connectivity index (χ1n) is 9.59. The number of hydrogen-bond acceptors (Lipinski definition) is 3. The van der Waals surface area contributed by atoms with E-state index in [1.165, 1.54) is 25.8 Å². The predicted octanol–water partition coefficient (Wildman–Crippen LogP) is 5.33. The highest BCUT2D eigenvalue weighted by Gasteiger charge is 2.28. The second kappa shape index (κ2) is 11.9. The maximum Gasteiger partial charge on any atom is 0.306 e. The highest BCUT2D eigenvalue weighted by atomic mass is 16.5. The van der Waals surface area contributed by atoms with Crippen molar-refractivity contribution in [3.63, 3.8) is 0 Å². The van der Waals surface area contributed by atoms with Gasteiger partial charge in [-0.2, -0.15) is 0 Å². The second-order valence-electron chi connectivity index (χ2n) is 8.46. The van der Waals surface area contributed by atoms with Gasteiger partial charge in [-0.3, -0.25) is 4.79 Å². The van der Waals surface area contributed by atoms with Gasteiger partial charge in [-0.25, -0.2) is 0 Å². The van der Waals surface area contributed by atoms with Crippen LogP contribution in [0.15, 0.2) is 0 Å². The van der Waals surface area contributed by atoms with Crippen molar-refractivity contribution in [3.05, 3.63) is 0 Å². The second-order valence-corrected chi connectivity index (χ2v) is 8.46. The molecule has 23 heavy (non-hydrogen) atoms. The zero-order valence-electron chi connectivity index (χ0n) is 16.7. The normalized spacial score (nSPS) is 24.3. The van der Waals surface area contributed by atoms with Crippen LogP contribution in [0.3, 0.4) is 0 Å². The molecule has 3 heteroatoms. The maximum atomic E-state index is 10.8. The fourth-order valence-electron chi connectivity index (χ4n) is 2.51. The zero-order valence-corrected chi connectivity index (χ0v) is 16.7. The third kappa shape index (κ3) is 13.6. The predicted molar refractivity (Wildman–Crippen MR) is 99.6 cm³/mol. The number of carbonyl (C=O) groups excluding carboxylic acids is 1. The molecule has 0 spiro atoms. The van der Waals surface area contributed by atoms with Crippen LogP contribution in [0.5, 0.6) is 0 Å². The molecule has 0 amide bonds. The minimum Gasteiger partial charge on any atom is -0.462 e.